The molecule has 0 aliphatic rings. The van der Waals surface area contributed by atoms with Gasteiger partial charge in [0.15, 0.2) is 0 Å². The Hall–Kier alpha value is -2.16. The smallest absolute Gasteiger partial charge is 0.124 e. The Balaban J connectivity index is 1.71. The molecule has 0 saturated heterocycles. The van der Waals surface area contributed by atoms with Crippen molar-refractivity contribution in [2.45, 2.75) is 20.1 Å². The second kappa shape index (κ2) is 8.28. The van der Waals surface area contributed by atoms with Crippen LogP contribution >= 0.6 is 23.2 Å². The molecule has 0 radical (unpaired) electrons. The molecule has 0 amide bonds. The van der Waals surface area contributed by atoms with Gasteiger partial charge in [0, 0.05) is 33.4 Å². The normalized spacial score (nSPS) is 10.5. The van der Waals surface area contributed by atoms with Gasteiger partial charge in [-0.3, -0.25) is 0 Å². The first kappa shape index (κ1) is 17.7. The van der Waals surface area contributed by atoms with Crippen LogP contribution in [-0.2, 0) is 13.2 Å². The standard InChI is InChI=1S/C21H19Cl2NO/c1-15-6-9-19(10-7-15)24-13-17-12-18(22)8-11-21(17)25-14-16-4-2-3-5-20(16)23/h2-12,24H,13-14H2,1H3. The monoisotopic (exact) mass is 371 g/mol. The predicted molar refractivity (Wildman–Crippen MR) is 106 cm³/mol. The Morgan fingerprint density at radius 3 is 2.40 bits per heavy atom. The van der Waals surface area contributed by atoms with E-state index in [1.807, 2.05) is 42.5 Å². The van der Waals surface area contributed by atoms with E-state index in [0.29, 0.717) is 23.2 Å². The van der Waals surface area contributed by atoms with Crippen molar-refractivity contribution in [3.05, 3.63) is 93.5 Å². The first-order chi connectivity index (χ1) is 12.1. The Morgan fingerprint density at radius 2 is 1.64 bits per heavy atom. The van der Waals surface area contributed by atoms with Crippen molar-refractivity contribution >= 4 is 28.9 Å². The van der Waals surface area contributed by atoms with Crippen LogP contribution in [0.5, 0.6) is 5.75 Å². The van der Waals surface area contributed by atoms with Crippen molar-refractivity contribution in [3.63, 3.8) is 0 Å². The number of halogens is 2. The predicted octanol–water partition coefficient (Wildman–Crippen LogP) is 6.49. The third-order valence-corrected chi connectivity index (χ3v) is 4.50. The van der Waals surface area contributed by atoms with Crippen molar-refractivity contribution in [1.29, 1.82) is 0 Å². The van der Waals surface area contributed by atoms with E-state index in [0.717, 1.165) is 22.6 Å². The summed E-state index contributed by atoms with van der Waals surface area (Å²) >= 11 is 12.4. The maximum atomic E-state index is 6.20. The summed E-state index contributed by atoms with van der Waals surface area (Å²) in [5.41, 5.74) is 4.25. The third-order valence-electron chi connectivity index (χ3n) is 3.90. The minimum Gasteiger partial charge on any atom is -0.488 e. The topological polar surface area (TPSA) is 21.3 Å². The first-order valence-electron chi connectivity index (χ1n) is 8.07. The third kappa shape index (κ3) is 4.91. The zero-order valence-electron chi connectivity index (χ0n) is 13.9. The molecular weight excluding hydrogens is 353 g/mol. The van der Waals surface area contributed by atoms with Gasteiger partial charge in [-0.15, -0.1) is 0 Å². The molecule has 0 aliphatic carbocycles. The largest absolute Gasteiger partial charge is 0.488 e. The highest BCUT2D eigenvalue weighted by Crippen LogP contribution is 2.26. The van der Waals surface area contributed by atoms with Crippen LogP contribution in [-0.4, -0.2) is 0 Å². The molecule has 0 aliphatic heterocycles. The van der Waals surface area contributed by atoms with Gasteiger partial charge in [0.25, 0.3) is 0 Å². The van der Waals surface area contributed by atoms with Crippen LogP contribution in [0.15, 0.2) is 66.7 Å². The van der Waals surface area contributed by atoms with Crippen LogP contribution in [0.25, 0.3) is 0 Å². The molecule has 0 spiro atoms. The molecule has 3 aromatic carbocycles. The van der Waals surface area contributed by atoms with Crippen LogP contribution < -0.4 is 10.1 Å². The second-order valence-electron chi connectivity index (χ2n) is 5.85. The van der Waals surface area contributed by atoms with E-state index in [4.69, 9.17) is 27.9 Å². The first-order valence-corrected chi connectivity index (χ1v) is 8.82. The van der Waals surface area contributed by atoms with Gasteiger partial charge in [0.2, 0.25) is 0 Å². The van der Waals surface area contributed by atoms with Gasteiger partial charge in [0.05, 0.1) is 0 Å². The summed E-state index contributed by atoms with van der Waals surface area (Å²) < 4.78 is 5.98. The maximum Gasteiger partial charge on any atom is 0.124 e. The van der Waals surface area contributed by atoms with Gasteiger partial charge < -0.3 is 10.1 Å². The summed E-state index contributed by atoms with van der Waals surface area (Å²) in [4.78, 5) is 0. The number of anilines is 1. The van der Waals surface area contributed by atoms with Crippen molar-refractivity contribution in [2.24, 2.45) is 0 Å². The van der Waals surface area contributed by atoms with Crippen LogP contribution in [0.2, 0.25) is 10.0 Å². The Morgan fingerprint density at radius 1 is 0.880 bits per heavy atom. The highest BCUT2D eigenvalue weighted by Gasteiger charge is 2.07. The zero-order valence-corrected chi connectivity index (χ0v) is 15.4. The summed E-state index contributed by atoms with van der Waals surface area (Å²) in [6, 6.07) is 21.6. The van der Waals surface area contributed by atoms with Gasteiger partial charge in [-0.05, 0) is 43.3 Å². The molecule has 25 heavy (non-hydrogen) atoms. The minimum absolute atomic E-state index is 0.416. The van der Waals surface area contributed by atoms with E-state index < -0.39 is 0 Å². The van der Waals surface area contributed by atoms with Crippen LogP contribution in [0.3, 0.4) is 0 Å². The average Bonchev–Trinajstić information content (AvgIpc) is 2.62. The number of hydrogen-bond acceptors (Lipinski definition) is 2. The number of rotatable bonds is 6. The molecule has 2 nitrogen and oxygen atoms in total. The number of benzene rings is 3. The number of nitrogens with one attached hydrogen (secondary N) is 1. The lowest BCUT2D eigenvalue weighted by atomic mass is 10.1. The van der Waals surface area contributed by atoms with Gasteiger partial charge in [-0.25, -0.2) is 0 Å². The molecule has 0 unspecified atom stereocenters. The van der Waals surface area contributed by atoms with Crippen molar-refractivity contribution < 1.29 is 4.74 Å². The van der Waals surface area contributed by atoms with E-state index in [1.54, 1.807) is 0 Å². The van der Waals surface area contributed by atoms with Crippen molar-refractivity contribution in [1.82, 2.24) is 0 Å². The molecule has 128 valence electrons. The van der Waals surface area contributed by atoms with Crippen molar-refractivity contribution in [2.75, 3.05) is 5.32 Å². The van der Waals surface area contributed by atoms with E-state index in [9.17, 15) is 0 Å². The maximum absolute atomic E-state index is 6.20. The SMILES string of the molecule is Cc1ccc(NCc2cc(Cl)ccc2OCc2ccccc2Cl)cc1. The fourth-order valence-electron chi connectivity index (χ4n) is 2.47. The highest BCUT2D eigenvalue weighted by molar-refractivity contribution is 6.31. The average molecular weight is 372 g/mol. The Bertz CT molecular complexity index is 847. The lowest BCUT2D eigenvalue weighted by Crippen LogP contribution is -2.04. The van der Waals surface area contributed by atoms with Gasteiger partial charge in [-0.1, -0.05) is 59.1 Å². The second-order valence-corrected chi connectivity index (χ2v) is 6.70. The summed E-state index contributed by atoms with van der Waals surface area (Å²) in [5, 5.41) is 4.79. The molecule has 4 heteroatoms. The van der Waals surface area contributed by atoms with Crippen molar-refractivity contribution in [3.8, 4) is 5.75 Å². The molecule has 3 rings (SSSR count). The van der Waals surface area contributed by atoms with Gasteiger partial charge in [0.1, 0.15) is 12.4 Å². The summed E-state index contributed by atoms with van der Waals surface area (Å²) in [5.74, 6) is 0.795. The summed E-state index contributed by atoms with van der Waals surface area (Å²) in [6.07, 6.45) is 0. The van der Waals surface area contributed by atoms with Crippen LogP contribution in [0.1, 0.15) is 16.7 Å². The summed E-state index contributed by atoms with van der Waals surface area (Å²) in [7, 11) is 0. The molecule has 0 heterocycles. The molecule has 0 atom stereocenters. The quantitative estimate of drug-likeness (QED) is 0.534. The van der Waals surface area contributed by atoms with Gasteiger partial charge in [-0.2, -0.15) is 0 Å². The fraction of sp³-hybridized carbons (Fsp3) is 0.143. The molecule has 1 N–H and O–H groups in total. The lowest BCUT2D eigenvalue weighted by Gasteiger charge is -2.14. The van der Waals surface area contributed by atoms with E-state index >= 15 is 0 Å². The van der Waals surface area contributed by atoms with Gasteiger partial charge >= 0.3 is 0 Å². The highest BCUT2D eigenvalue weighted by atomic mass is 35.5. The molecular formula is C21H19Cl2NO. The van der Waals surface area contributed by atoms with E-state index in [1.165, 1.54) is 5.56 Å². The number of ether oxygens (including phenoxy) is 1. The molecule has 0 bridgehead atoms. The molecule has 0 fully saturated rings. The minimum atomic E-state index is 0.416. The Kier molecular flexibility index (Phi) is 5.85. The molecule has 0 aromatic heterocycles. The van der Waals surface area contributed by atoms with E-state index in [-0.39, 0.29) is 0 Å². The zero-order chi connectivity index (χ0) is 17.6. The Labute approximate surface area is 158 Å². The summed E-state index contributed by atoms with van der Waals surface area (Å²) in [6.45, 7) is 3.11. The van der Waals surface area contributed by atoms with Crippen LogP contribution in [0, 0.1) is 6.92 Å². The number of hydrogen-bond donors (Lipinski definition) is 1. The fourth-order valence-corrected chi connectivity index (χ4v) is 2.85. The molecule has 0 saturated carbocycles. The number of aryl methyl sites for hydroxylation is 1. The lowest BCUT2D eigenvalue weighted by molar-refractivity contribution is 0.303. The molecule has 3 aromatic rings. The van der Waals surface area contributed by atoms with Crippen LogP contribution in [0.4, 0.5) is 5.69 Å². The van der Waals surface area contributed by atoms with E-state index in [2.05, 4.69) is 36.5 Å².